The predicted molar refractivity (Wildman–Crippen MR) is 103 cm³/mol. The van der Waals surface area contributed by atoms with Crippen molar-refractivity contribution in [2.45, 2.75) is 50.7 Å². The number of fused-ring (bicyclic) bond motifs is 2. The summed E-state index contributed by atoms with van der Waals surface area (Å²) in [5.74, 6) is 0.379. The molecular weight excluding hydrogens is 325 g/mol. The molecule has 0 spiro atoms. The molecule has 2 aliphatic rings. The van der Waals surface area contributed by atoms with Gasteiger partial charge in [-0.2, -0.15) is 0 Å². The zero-order valence-corrected chi connectivity index (χ0v) is 15.3. The number of rotatable bonds is 5. The summed E-state index contributed by atoms with van der Waals surface area (Å²) in [6.45, 7) is 1.02. The molecule has 2 bridgehead atoms. The first-order chi connectivity index (χ1) is 12.7. The lowest BCUT2D eigenvalue weighted by Gasteiger charge is -2.45. The minimum absolute atomic E-state index is 0.221. The zero-order chi connectivity index (χ0) is 17.9. The lowest BCUT2D eigenvalue weighted by molar-refractivity contribution is 0.0880. The fourth-order valence-corrected chi connectivity index (χ4v) is 4.48. The first-order valence-corrected chi connectivity index (χ1v) is 9.54. The Bertz CT molecular complexity index is 786. The molecule has 2 aliphatic heterocycles. The van der Waals surface area contributed by atoms with Gasteiger partial charge in [0.15, 0.2) is 0 Å². The van der Waals surface area contributed by atoms with Crippen LogP contribution in [-0.2, 0) is 13.0 Å². The van der Waals surface area contributed by atoms with E-state index in [0.29, 0.717) is 17.8 Å². The van der Waals surface area contributed by atoms with Gasteiger partial charge < -0.3 is 4.74 Å². The maximum absolute atomic E-state index is 13.8. The van der Waals surface area contributed by atoms with Crippen LogP contribution in [0.15, 0.2) is 60.2 Å². The largest absolute Gasteiger partial charge is 0.497 e. The number of hydrogen-bond donors (Lipinski definition) is 0. The molecule has 2 unspecified atom stereocenters. The van der Waals surface area contributed by atoms with Crippen molar-refractivity contribution >= 4 is 0 Å². The van der Waals surface area contributed by atoms with Gasteiger partial charge >= 0.3 is 0 Å². The molecule has 136 valence electrons. The van der Waals surface area contributed by atoms with Crippen LogP contribution >= 0.6 is 0 Å². The smallest absolute Gasteiger partial charge is 0.127 e. The highest BCUT2D eigenvalue weighted by Gasteiger charge is 2.33. The molecule has 0 amide bonds. The van der Waals surface area contributed by atoms with Crippen LogP contribution < -0.4 is 4.74 Å². The summed E-state index contributed by atoms with van der Waals surface area (Å²) < 4.78 is 19.0. The molecule has 2 nitrogen and oxygen atoms in total. The van der Waals surface area contributed by atoms with Gasteiger partial charge in [0.25, 0.3) is 0 Å². The molecule has 4 rings (SSSR count). The highest BCUT2D eigenvalue weighted by atomic mass is 19.1. The Morgan fingerprint density at radius 2 is 1.92 bits per heavy atom. The average Bonchev–Trinajstić information content (AvgIpc) is 2.62. The summed E-state index contributed by atoms with van der Waals surface area (Å²) in [7, 11) is 1.59. The van der Waals surface area contributed by atoms with E-state index in [-0.39, 0.29) is 5.82 Å². The van der Waals surface area contributed by atoms with Crippen molar-refractivity contribution in [2.75, 3.05) is 7.11 Å². The van der Waals surface area contributed by atoms with E-state index in [0.717, 1.165) is 24.9 Å². The van der Waals surface area contributed by atoms with Crippen LogP contribution in [0.2, 0.25) is 0 Å². The van der Waals surface area contributed by atoms with Gasteiger partial charge in [-0.05, 0) is 48.9 Å². The summed E-state index contributed by atoms with van der Waals surface area (Å²) in [4.78, 5) is 2.66. The Morgan fingerprint density at radius 3 is 2.69 bits per heavy atom. The second-order valence-electron chi connectivity index (χ2n) is 7.52. The minimum atomic E-state index is -0.221. The lowest BCUT2D eigenvalue weighted by atomic mass is 9.83. The van der Waals surface area contributed by atoms with E-state index in [1.165, 1.54) is 36.5 Å². The molecule has 1 fully saturated rings. The van der Waals surface area contributed by atoms with Gasteiger partial charge in [0.05, 0.1) is 7.11 Å². The minimum Gasteiger partial charge on any atom is -0.497 e. The molecule has 1 saturated heterocycles. The van der Waals surface area contributed by atoms with E-state index >= 15 is 0 Å². The van der Waals surface area contributed by atoms with E-state index in [1.54, 1.807) is 13.2 Å². The topological polar surface area (TPSA) is 12.5 Å². The Labute approximate surface area is 155 Å². The summed E-state index contributed by atoms with van der Waals surface area (Å²) in [6, 6.07) is 16.9. The highest BCUT2D eigenvalue weighted by Crippen LogP contribution is 2.35. The van der Waals surface area contributed by atoms with Crippen molar-refractivity contribution in [1.82, 2.24) is 4.90 Å². The van der Waals surface area contributed by atoms with Gasteiger partial charge in [0.2, 0.25) is 0 Å². The summed E-state index contributed by atoms with van der Waals surface area (Å²) in [5.41, 5.74) is 3.83. The Kier molecular flexibility index (Phi) is 5.07. The molecule has 2 aromatic rings. The van der Waals surface area contributed by atoms with Gasteiger partial charge in [-0.15, -0.1) is 0 Å². The summed E-state index contributed by atoms with van der Waals surface area (Å²) >= 11 is 0. The highest BCUT2D eigenvalue weighted by molar-refractivity contribution is 5.33. The molecule has 0 aromatic heterocycles. The number of methoxy groups -OCH3 is 1. The quantitative estimate of drug-likeness (QED) is 0.693. The van der Waals surface area contributed by atoms with E-state index in [4.69, 9.17) is 4.74 Å². The zero-order valence-electron chi connectivity index (χ0n) is 15.3. The van der Waals surface area contributed by atoms with E-state index in [9.17, 15) is 4.39 Å². The van der Waals surface area contributed by atoms with Crippen molar-refractivity contribution in [3.63, 3.8) is 0 Å². The molecule has 0 aliphatic carbocycles. The van der Waals surface area contributed by atoms with E-state index < -0.39 is 0 Å². The standard InChI is InChI=1S/C23H26FNO/c1-26-23-14-18(11-20(24)15-23)10-19-12-21-8-5-9-22(13-19)25(21)16-17-6-3-2-4-7-17/h2-4,6-7,11-12,14-15,21-22H,5,8-10,13,16H2,1H3. The van der Waals surface area contributed by atoms with Crippen LogP contribution in [-0.4, -0.2) is 24.1 Å². The number of nitrogens with zero attached hydrogens (tertiary/aromatic N) is 1. The first-order valence-electron chi connectivity index (χ1n) is 9.54. The number of halogens is 1. The number of ether oxygens (including phenoxy) is 1. The van der Waals surface area contributed by atoms with Crippen molar-refractivity contribution in [3.8, 4) is 5.75 Å². The van der Waals surface area contributed by atoms with Crippen LogP contribution in [0.3, 0.4) is 0 Å². The molecule has 3 heteroatoms. The molecule has 0 radical (unpaired) electrons. The fourth-order valence-electron chi connectivity index (χ4n) is 4.48. The van der Waals surface area contributed by atoms with Gasteiger partial charge in [-0.3, -0.25) is 4.90 Å². The van der Waals surface area contributed by atoms with Crippen LogP contribution in [0.5, 0.6) is 5.75 Å². The van der Waals surface area contributed by atoms with Crippen LogP contribution in [0.25, 0.3) is 0 Å². The maximum Gasteiger partial charge on any atom is 0.127 e. The fraction of sp³-hybridized carbons (Fsp3) is 0.391. The summed E-state index contributed by atoms with van der Waals surface area (Å²) in [6.07, 6.45) is 8.13. The first kappa shape index (κ1) is 17.3. The second-order valence-corrected chi connectivity index (χ2v) is 7.52. The summed E-state index contributed by atoms with van der Waals surface area (Å²) in [5, 5.41) is 0. The SMILES string of the molecule is COc1cc(F)cc(CC2=CC3CCCC(C2)N3Cc2ccccc2)c1. The Hall–Kier alpha value is -2.13. The predicted octanol–water partition coefficient (Wildman–Crippen LogP) is 5.13. The average molecular weight is 351 g/mol. The van der Waals surface area contributed by atoms with Crippen molar-refractivity contribution in [3.05, 3.63) is 77.1 Å². The van der Waals surface area contributed by atoms with Crippen molar-refractivity contribution in [2.24, 2.45) is 0 Å². The Morgan fingerprint density at radius 1 is 1.08 bits per heavy atom. The monoisotopic (exact) mass is 351 g/mol. The van der Waals surface area contributed by atoms with Gasteiger partial charge in [-0.1, -0.05) is 48.4 Å². The van der Waals surface area contributed by atoms with E-state index in [2.05, 4.69) is 41.3 Å². The van der Waals surface area contributed by atoms with E-state index in [1.807, 2.05) is 6.07 Å². The number of benzene rings is 2. The third kappa shape index (κ3) is 3.83. The number of hydrogen-bond acceptors (Lipinski definition) is 2. The normalized spacial score (nSPS) is 22.8. The van der Waals surface area contributed by atoms with Crippen LogP contribution in [0, 0.1) is 5.82 Å². The third-order valence-corrected chi connectivity index (χ3v) is 5.66. The van der Waals surface area contributed by atoms with Crippen LogP contribution in [0.4, 0.5) is 4.39 Å². The molecule has 0 N–H and O–H groups in total. The van der Waals surface area contributed by atoms with Gasteiger partial charge in [-0.25, -0.2) is 4.39 Å². The molecule has 26 heavy (non-hydrogen) atoms. The Balaban J connectivity index is 1.52. The van der Waals surface area contributed by atoms with Gasteiger partial charge in [0, 0.05) is 24.7 Å². The number of piperidine rings is 1. The van der Waals surface area contributed by atoms with Crippen LogP contribution in [0.1, 0.15) is 36.8 Å². The van der Waals surface area contributed by atoms with Gasteiger partial charge in [0.1, 0.15) is 11.6 Å². The van der Waals surface area contributed by atoms with Crippen molar-refractivity contribution < 1.29 is 9.13 Å². The van der Waals surface area contributed by atoms with Crippen molar-refractivity contribution in [1.29, 1.82) is 0 Å². The lowest BCUT2D eigenvalue weighted by Crippen LogP contribution is -2.48. The molecule has 0 saturated carbocycles. The molecular formula is C23H26FNO. The molecule has 2 aromatic carbocycles. The molecule has 2 heterocycles. The molecule has 2 atom stereocenters. The third-order valence-electron chi connectivity index (χ3n) is 5.66. The maximum atomic E-state index is 13.8. The second kappa shape index (κ2) is 7.63.